The molecule has 6 heteroatoms. The minimum atomic E-state index is -3.22. The second kappa shape index (κ2) is 3.48. The monoisotopic (exact) mass is 239 g/mol. The standard InChI is InChI=1S/C10H13N3O2S/c1-12-7-11-9-6-8(4-5-10(9)12)13(2)16(3,14)15/h4-7H,1-3H3. The van der Waals surface area contributed by atoms with Crippen LogP contribution in [0.1, 0.15) is 0 Å². The Morgan fingerprint density at radius 1 is 1.38 bits per heavy atom. The quantitative estimate of drug-likeness (QED) is 0.784. The first-order valence-corrected chi connectivity index (χ1v) is 6.59. The fourth-order valence-corrected chi connectivity index (χ4v) is 2.01. The first kappa shape index (κ1) is 10.9. The molecule has 0 spiro atoms. The Morgan fingerprint density at radius 2 is 2.06 bits per heavy atom. The lowest BCUT2D eigenvalue weighted by Crippen LogP contribution is -2.24. The topological polar surface area (TPSA) is 55.2 Å². The summed E-state index contributed by atoms with van der Waals surface area (Å²) in [4.78, 5) is 4.18. The molecule has 1 aromatic heterocycles. The Kier molecular flexibility index (Phi) is 2.38. The Labute approximate surface area is 94.4 Å². The average molecular weight is 239 g/mol. The van der Waals surface area contributed by atoms with Gasteiger partial charge in [0.1, 0.15) is 0 Å². The van der Waals surface area contributed by atoms with Crippen LogP contribution in [0.25, 0.3) is 11.0 Å². The molecular weight excluding hydrogens is 226 g/mol. The third-order valence-electron chi connectivity index (χ3n) is 2.57. The molecule has 1 aromatic carbocycles. The maximum atomic E-state index is 11.4. The zero-order chi connectivity index (χ0) is 11.9. The SMILES string of the molecule is CN(c1ccc2c(c1)ncn2C)S(C)(=O)=O. The number of sulfonamides is 1. The van der Waals surface area contributed by atoms with Gasteiger partial charge in [0.05, 0.1) is 29.3 Å². The van der Waals surface area contributed by atoms with Gasteiger partial charge in [0.15, 0.2) is 0 Å². The van der Waals surface area contributed by atoms with Crippen molar-refractivity contribution in [2.75, 3.05) is 17.6 Å². The zero-order valence-electron chi connectivity index (χ0n) is 9.38. The van der Waals surface area contributed by atoms with Gasteiger partial charge in [-0.15, -0.1) is 0 Å². The van der Waals surface area contributed by atoms with Crippen molar-refractivity contribution in [2.24, 2.45) is 7.05 Å². The highest BCUT2D eigenvalue weighted by molar-refractivity contribution is 7.92. The Bertz CT molecular complexity index is 631. The number of nitrogens with zero attached hydrogens (tertiary/aromatic N) is 3. The molecule has 0 atom stereocenters. The third kappa shape index (κ3) is 1.76. The summed E-state index contributed by atoms with van der Waals surface area (Å²) in [7, 11) is 0.206. The molecular formula is C10H13N3O2S. The van der Waals surface area contributed by atoms with E-state index in [-0.39, 0.29) is 0 Å². The third-order valence-corrected chi connectivity index (χ3v) is 3.78. The lowest BCUT2D eigenvalue weighted by molar-refractivity contribution is 0.600. The Hall–Kier alpha value is -1.56. The van der Waals surface area contributed by atoms with Crippen LogP contribution in [0.15, 0.2) is 24.5 Å². The van der Waals surface area contributed by atoms with E-state index < -0.39 is 10.0 Å². The van der Waals surface area contributed by atoms with E-state index in [1.807, 2.05) is 17.7 Å². The molecule has 0 aliphatic carbocycles. The summed E-state index contributed by atoms with van der Waals surface area (Å²) in [6, 6.07) is 5.39. The molecule has 16 heavy (non-hydrogen) atoms. The summed E-state index contributed by atoms with van der Waals surface area (Å²) in [6.07, 6.45) is 2.88. The number of aromatic nitrogens is 2. The normalized spacial score (nSPS) is 11.9. The van der Waals surface area contributed by atoms with Crippen LogP contribution in [0, 0.1) is 0 Å². The van der Waals surface area contributed by atoms with Gasteiger partial charge in [-0.3, -0.25) is 4.31 Å². The van der Waals surface area contributed by atoms with Crippen molar-refractivity contribution >= 4 is 26.7 Å². The van der Waals surface area contributed by atoms with E-state index in [1.54, 1.807) is 18.5 Å². The number of anilines is 1. The number of hydrogen-bond donors (Lipinski definition) is 0. The minimum Gasteiger partial charge on any atom is -0.334 e. The molecule has 0 fully saturated rings. The first-order valence-electron chi connectivity index (χ1n) is 4.74. The summed E-state index contributed by atoms with van der Waals surface area (Å²) in [5.74, 6) is 0. The molecule has 0 aliphatic rings. The van der Waals surface area contributed by atoms with E-state index >= 15 is 0 Å². The van der Waals surface area contributed by atoms with E-state index in [0.29, 0.717) is 5.69 Å². The smallest absolute Gasteiger partial charge is 0.231 e. The van der Waals surface area contributed by atoms with Gasteiger partial charge in [-0.2, -0.15) is 0 Å². The van der Waals surface area contributed by atoms with E-state index in [0.717, 1.165) is 11.0 Å². The highest BCUT2D eigenvalue weighted by Crippen LogP contribution is 2.21. The van der Waals surface area contributed by atoms with Crippen LogP contribution in [0.3, 0.4) is 0 Å². The van der Waals surface area contributed by atoms with E-state index in [2.05, 4.69) is 4.98 Å². The molecule has 0 unspecified atom stereocenters. The van der Waals surface area contributed by atoms with Crippen molar-refractivity contribution in [1.82, 2.24) is 9.55 Å². The summed E-state index contributed by atoms with van der Waals surface area (Å²) < 4.78 is 25.9. The number of fused-ring (bicyclic) bond motifs is 1. The summed E-state index contributed by atoms with van der Waals surface area (Å²) in [6.45, 7) is 0. The maximum absolute atomic E-state index is 11.4. The van der Waals surface area contributed by atoms with E-state index in [1.165, 1.54) is 17.6 Å². The van der Waals surface area contributed by atoms with Crippen LogP contribution >= 0.6 is 0 Å². The molecule has 1 heterocycles. The molecule has 0 aliphatic heterocycles. The molecule has 2 rings (SSSR count). The van der Waals surface area contributed by atoms with Crippen molar-refractivity contribution < 1.29 is 8.42 Å². The summed E-state index contributed by atoms with van der Waals surface area (Å²) in [5.41, 5.74) is 2.38. The summed E-state index contributed by atoms with van der Waals surface area (Å²) >= 11 is 0. The zero-order valence-corrected chi connectivity index (χ0v) is 10.2. The fourth-order valence-electron chi connectivity index (χ4n) is 1.51. The van der Waals surface area contributed by atoms with Crippen LogP contribution in [0.5, 0.6) is 0 Å². The van der Waals surface area contributed by atoms with Crippen LogP contribution in [-0.4, -0.2) is 31.3 Å². The second-order valence-electron chi connectivity index (χ2n) is 3.76. The maximum Gasteiger partial charge on any atom is 0.231 e. The highest BCUT2D eigenvalue weighted by Gasteiger charge is 2.12. The van der Waals surface area contributed by atoms with Gasteiger partial charge >= 0.3 is 0 Å². The van der Waals surface area contributed by atoms with Gasteiger partial charge < -0.3 is 4.57 Å². The number of benzene rings is 1. The minimum absolute atomic E-state index is 0.619. The number of rotatable bonds is 2. The van der Waals surface area contributed by atoms with Gasteiger partial charge in [0.25, 0.3) is 0 Å². The van der Waals surface area contributed by atoms with Gasteiger partial charge in [-0.25, -0.2) is 13.4 Å². The molecule has 0 saturated heterocycles. The van der Waals surface area contributed by atoms with Gasteiger partial charge in [0.2, 0.25) is 10.0 Å². The van der Waals surface area contributed by atoms with Gasteiger partial charge in [0, 0.05) is 14.1 Å². The van der Waals surface area contributed by atoms with Crippen molar-refractivity contribution in [3.63, 3.8) is 0 Å². The Morgan fingerprint density at radius 3 is 2.69 bits per heavy atom. The molecule has 0 saturated carbocycles. The highest BCUT2D eigenvalue weighted by atomic mass is 32.2. The predicted molar refractivity (Wildman–Crippen MR) is 64.0 cm³/mol. The second-order valence-corrected chi connectivity index (χ2v) is 5.77. The number of hydrogen-bond acceptors (Lipinski definition) is 3. The Balaban J connectivity index is 2.56. The molecule has 0 bridgehead atoms. The van der Waals surface area contributed by atoms with Gasteiger partial charge in [-0.05, 0) is 18.2 Å². The first-order chi connectivity index (χ1) is 7.39. The largest absolute Gasteiger partial charge is 0.334 e. The van der Waals surface area contributed by atoms with Crippen molar-refractivity contribution in [3.05, 3.63) is 24.5 Å². The predicted octanol–water partition coefficient (Wildman–Crippen LogP) is 0.969. The van der Waals surface area contributed by atoms with Crippen LogP contribution in [0.4, 0.5) is 5.69 Å². The number of imidazole rings is 1. The molecule has 0 N–H and O–H groups in total. The van der Waals surface area contributed by atoms with E-state index in [9.17, 15) is 8.42 Å². The molecule has 86 valence electrons. The van der Waals surface area contributed by atoms with Crippen molar-refractivity contribution in [1.29, 1.82) is 0 Å². The molecule has 0 amide bonds. The van der Waals surface area contributed by atoms with Crippen LogP contribution in [0.2, 0.25) is 0 Å². The fraction of sp³-hybridized carbons (Fsp3) is 0.300. The van der Waals surface area contributed by atoms with Gasteiger partial charge in [-0.1, -0.05) is 0 Å². The van der Waals surface area contributed by atoms with Crippen LogP contribution in [-0.2, 0) is 17.1 Å². The average Bonchev–Trinajstić information content (AvgIpc) is 2.57. The molecule has 5 nitrogen and oxygen atoms in total. The molecule has 2 aromatic rings. The number of aryl methyl sites for hydroxylation is 1. The molecule has 0 radical (unpaired) electrons. The lowest BCUT2D eigenvalue weighted by Gasteiger charge is -2.16. The van der Waals surface area contributed by atoms with E-state index in [4.69, 9.17) is 0 Å². The van der Waals surface area contributed by atoms with Crippen molar-refractivity contribution in [2.45, 2.75) is 0 Å². The lowest BCUT2D eigenvalue weighted by atomic mass is 10.3. The van der Waals surface area contributed by atoms with Crippen molar-refractivity contribution in [3.8, 4) is 0 Å². The van der Waals surface area contributed by atoms with Crippen LogP contribution < -0.4 is 4.31 Å². The summed E-state index contributed by atoms with van der Waals surface area (Å²) in [5, 5.41) is 0.